The highest BCUT2D eigenvalue weighted by Crippen LogP contribution is 2.41. The molecule has 0 saturated heterocycles. The maximum Gasteiger partial charge on any atom is 0.227 e. The third-order valence-corrected chi connectivity index (χ3v) is 8.57. The standard InChI is InChI=1S/C37H25N3OS/c1-3-9-26(10-4-1)38-27-17-21-31-32-22-20-30(24-36(32)42-35(31)23-27)40(28-11-5-2-6-12-28)29-18-15-25(16-19-29)37-39-33-13-7-8-14-34(33)41-37/h1-24,38H. The molecule has 6 aromatic carbocycles. The summed E-state index contributed by atoms with van der Waals surface area (Å²) in [5, 5.41) is 6.06. The predicted octanol–water partition coefficient (Wildman–Crippen LogP) is 11.1. The molecule has 42 heavy (non-hydrogen) atoms. The second-order valence-corrected chi connectivity index (χ2v) is 11.3. The van der Waals surface area contributed by atoms with Crippen molar-refractivity contribution in [2.75, 3.05) is 10.2 Å². The van der Waals surface area contributed by atoms with Crippen molar-refractivity contribution in [3.8, 4) is 11.5 Å². The van der Waals surface area contributed by atoms with Gasteiger partial charge in [0.25, 0.3) is 0 Å². The third-order valence-electron chi connectivity index (χ3n) is 7.46. The first-order valence-corrected chi connectivity index (χ1v) is 14.7. The van der Waals surface area contributed by atoms with Crippen LogP contribution in [0.4, 0.5) is 28.4 Å². The van der Waals surface area contributed by atoms with Crippen molar-refractivity contribution in [2.45, 2.75) is 0 Å². The minimum Gasteiger partial charge on any atom is -0.436 e. The van der Waals surface area contributed by atoms with Gasteiger partial charge in [-0.15, -0.1) is 11.3 Å². The quantitative estimate of drug-likeness (QED) is 0.220. The molecule has 1 N–H and O–H groups in total. The van der Waals surface area contributed by atoms with E-state index < -0.39 is 0 Å². The Morgan fingerprint density at radius 2 is 1.19 bits per heavy atom. The lowest BCUT2D eigenvalue weighted by Gasteiger charge is -2.25. The van der Waals surface area contributed by atoms with Gasteiger partial charge in [-0.3, -0.25) is 0 Å². The minimum absolute atomic E-state index is 0.627. The van der Waals surface area contributed by atoms with E-state index in [-0.39, 0.29) is 0 Å². The summed E-state index contributed by atoms with van der Waals surface area (Å²) in [5.41, 5.74) is 8.05. The molecule has 0 saturated carbocycles. The molecule has 0 atom stereocenters. The molecule has 0 bridgehead atoms. The maximum absolute atomic E-state index is 6.01. The van der Waals surface area contributed by atoms with Crippen molar-refractivity contribution in [3.63, 3.8) is 0 Å². The van der Waals surface area contributed by atoms with Crippen LogP contribution in [0.2, 0.25) is 0 Å². The molecule has 0 aliphatic heterocycles. The van der Waals surface area contributed by atoms with Gasteiger partial charge < -0.3 is 14.6 Å². The van der Waals surface area contributed by atoms with E-state index in [1.165, 1.54) is 20.2 Å². The second kappa shape index (κ2) is 10.2. The summed E-state index contributed by atoms with van der Waals surface area (Å²) in [6, 6.07) is 50.4. The molecule has 0 spiro atoms. The molecule has 200 valence electrons. The third kappa shape index (κ3) is 4.46. The first-order chi connectivity index (χ1) is 20.8. The molecular formula is C37H25N3OS. The molecule has 8 rings (SSSR count). The molecule has 2 aromatic heterocycles. The number of nitrogens with zero attached hydrogens (tertiary/aromatic N) is 2. The summed E-state index contributed by atoms with van der Waals surface area (Å²) < 4.78 is 8.53. The minimum atomic E-state index is 0.627. The Bertz CT molecular complexity index is 2130. The summed E-state index contributed by atoms with van der Waals surface area (Å²) in [4.78, 5) is 6.97. The highest BCUT2D eigenvalue weighted by molar-refractivity contribution is 7.25. The summed E-state index contributed by atoms with van der Waals surface area (Å²) in [6.07, 6.45) is 0. The molecule has 4 nitrogen and oxygen atoms in total. The lowest BCUT2D eigenvalue weighted by atomic mass is 10.1. The number of oxazole rings is 1. The van der Waals surface area contributed by atoms with Crippen molar-refractivity contribution in [2.24, 2.45) is 0 Å². The van der Waals surface area contributed by atoms with Gasteiger partial charge in [-0.25, -0.2) is 4.98 Å². The maximum atomic E-state index is 6.01. The Morgan fingerprint density at radius 1 is 0.548 bits per heavy atom. The normalized spacial score (nSPS) is 11.3. The Balaban J connectivity index is 1.17. The van der Waals surface area contributed by atoms with Crippen LogP contribution in [-0.2, 0) is 0 Å². The van der Waals surface area contributed by atoms with Gasteiger partial charge in [0, 0.05) is 54.2 Å². The molecule has 5 heteroatoms. The van der Waals surface area contributed by atoms with Crippen LogP contribution in [0.15, 0.2) is 150 Å². The predicted molar refractivity (Wildman–Crippen MR) is 177 cm³/mol. The van der Waals surface area contributed by atoms with Gasteiger partial charge in [0.05, 0.1) is 0 Å². The van der Waals surface area contributed by atoms with Gasteiger partial charge in [-0.05, 0) is 84.9 Å². The van der Waals surface area contributed by atoms with Gasteiger partial charge in [0.1, 0.15) is 5.52 Å². The zero-order valence-electron chi connectivity index (χ0n) is 22.6. The van der Waals surface area contributed by atoms with Crippen molar-refractivity contribution < 1.29 is 4.42 Å². The van der Waals surface area contributed by atoms with Crippen LogP contribution in [0.1, 0.15) is 0 Å². The molecule has 0 amide bonds. The number of hydrogen-bond acceptors (Lipinski definition) is 5. The first-order valence-electron chi connectivity index (χ1n) is 13.9. The number of hydrogen-bond donors (Lipinski definition) is 1. The largest absolute Gasteiger partial charge is 0.436 e. The van der Waals surface area contributed by atoms with E-state index in [4.69, 9.17) is 4.42 Å². The fraction of sp³-hybridized carbons (Fsp3) is 0. The number of benzene rings is 6. The number of fused-ring (bicyclic) bond motifs is 4. The summed E-state index contributed by atoms with van der Waals surface area (Å²) in [6.45, 7) is 0. The Labute approximate surface area is 247 Å². The second-order valence-electron chi connectivity index (χ2n) is 10.2. The summed E-state index contributed by atoms with van der Waals surface area (Å²) in [5.74, 6) is 0.627. The molecule has 0 aliphatic carbocycles. The van der Waals surface area contributed by atoms with Gasteiger partial charge in [-0.1, -0.05) is 60.7 Å². The SMILES string of the molecule is c1ccc(Nc2ccc3c(c2)sc2cc(N(c4ccccc4)c4ccc(-c5nc6ccccc6o5)cc4)ccc23)cc1. The molecule has 8 aromatic rings. The van der Waals surface area contributed by atoms with Crippen LogP contribution >= 0.6 is 11.3 Å². The topological polar surface area (TPSA) is 41.3 Å². The van der Waals surface area contributed by atoms with E-state index in [1.807, 2.05) is 59.9 Å². The molecular weight excluding hydrogens is 534 g/mol. The Kier molecular flexibility index (Phi) is 5.94. The number of rotatable bonds is 6. The van der Waals surface area contributed by atoms with Gasteiger partial charge in [-0.2, -0.15) is 0 Å². The summed E-state index contributed by atoms with van der Waals surface area (Å²) in [7, 11) is 0. The lowest BCUT2D eigenvalue weighted by Crippen LogP contribution is -2.09. The molecule has 2 heterocycles. The highest BCUT2D eigenvalue weighted by Gasteiger charge is 2.16. The van der Waals surface area contributed by atoms with E-state index in [2.05, 4.69) is 112 Å². The zero-order chi connectivity index (χ0) is 27.9. The monoisotopic (exact) mass is 559 g/mol. The average molecular weight is 560 g/mol. The van der Waals surface area contributed by atoms with Crippen molar-refractivity contribution in [1.29, 1.82) is 0 Å². The first kappa shape index (κ1) is 24.4. The van der Waals surface area contributed by atoms with Gasteiger partial charge >= 0.3 is 0 Å². The van der Waals surface area contributed by atoms with E-state index in [0.29, 0.717) is 5.89 Å². The van der Waals surface area contributed by atoms with Crippen molar-refractivity contribution in [3.05, 3.63) is 146 Å². The van der Waals surface area contributed by atoms with Crippen LogP contribution in [0.5, 0.6) is 0 Å². The fourth-order valence-corrected chi connectivity index (χ4v) is 6.62. The molecule has 0 radical (unpaired) electrons. The number of anilines is 5. The van der Waals surface area contributed by atoms with E-state index in [0.717, 1.165) is 45.1 Å². The van der Waals surface area contributed by atoms with E-state index in [9.17, 15) is 0 Å². The van der Waals surface area contributed by atoms with Gasteiger partial charge in [0.15, 0.2) is 5.58 Å². The van der Waals surface area contributed by atoms with Crippen LogP contribution in [0, 0.1) is 0 Å². The molecule has 0 unspecified atom stereocenters. The van der Waals surface area contributed by atoms with Crippen LogP contribution in [0.3, 0.4) is 0 Å². The number of para-hydroxylation sites is 4. The lowest BCUT2D eigenvalue weighted by molar-refractivity contribution is 0.620. The van der Waals surface area contributed by atoms with Crippen molar-refractivity contribution >= 4 is 71.0 Å². The molecule has 0 fully saturated rings. The smallest absolute Gasteiger partial charge is 0.227 e. The fourth-order valence-electron chi connectivity index (χ4n) is 5.44. The Hall–Kier alpha value is -5.39. The number of nitrogens with one attached hydrogen (secondary N) is 1. The summed E-state index contributed by atoms with van der Waals surface area (Å²) >= 11 is 1.82. The van der Waals surface area contributed by atoms with E-state index >= 15 is 0 Å². The van der Waals surface area contributed by atoms with Gasteiger partial charge in [0.2, 0.25) is 5.89 Å². The average Bonchev–Trinajstić information content (AvgIpc) is 3.64. The molecule has 0 aliphatic rings. The highest BCUT2D eigenvalue weighted by atomic mass is 32.1. The van der Waals surface area contributed by atoms with Crippen molar-refractivity contribution in [1.82, 2.24) is 4.98 Å². The van der Waals surface area contributed by atoms with Crippen LogP contribution in [0.25, 0.3) is 42.7 Å². The number of aromatic nitrogens is 1. The number of thiophene rings is 1. The zero-order valence-corrected chi connectivity index (χ0v) is 23.4. The Morgan fingerprint density at radius 3 is 1.98 bits per heavy atom. The van der Waals surface area contributed by atoms with Crippen LogP contribution < -0.4 is 10.2 Å². The van der Waals surface area contributed by atoms with Crippen LogP contribution in [-0.4, -0.2) is 4.98 Å². The van der Waals surface area contributed by atoms with E-state index in [1.54, 1.807) is 0 Å².